The number of hydrogen-bond acceptors (Lipinski definition) is 4. The molecule has 6 heteroatoms. The van der Waals surface area contributed by atoms with E-state index in [0.29, 0.717) is 23.2 Å². The van der Waals surface area contributed by atoms with Crippen LogP contribution in [0.4, 0.5) is 16.0 Å². The highest BCUT2D eigenvalue weighted by Crippen LogP contribution is 2.21. The number of benzene rings is 1. The van der Waals surface area contributed by atoms with E-state index in [9.17, 15) is 9.18 Å². The van der Waals surface area contributed by atoms with Gasteiger partial charge in [0.05, 0.1) is 5.56 Å². The van der Waals surface area contributed by atoms with Crippen LogP contribution >= 0.6 is 0 Å². The standard InChI is InChI=1S/C18H21FN4O/c1-2-16-5-3-4-10-23(16)17(24)13-11-20-18(21-12-13)22-15-8-6-14(19)7-9-15/h6-9,11-12,16H,2-5,10H2,1H3,(H,20,21,22). The molecular weight excluding hydrogens is 307 g/mol. The van der Waals surface area contributed by atoms with Crippen molar-refractivity contribution in [3.05, 3.63) is 48.0 Å². The highest BCUT2D eigenvalue weighted by atomic mass is 19.1. The summed E-state index contributed by atoms with van der Waals surface area (Å²) in [7, 11) is 0. The number of piperidine rings is 1. The fourth-order valence-corrected chi connectivity index (χ4v) is 3.02. The Balaban J connectivity index is 1.69. The fraction of sp³-hybridized carbons (Fsp3) is 0.389. The third-order valence-electron chi connectivity index (χ3n) is 4.36. The predicted octanol–water partition coefficient (Wildman–Crippen LogP) is 3.76. The summed E-state index contributed by atoms with van der Waals surface area (Å²) in [5.41, 5.74) is 1.19. The molecule has 0 spiro atoms. The van der Waals surface area contributed by atoms with Crippen LogP contribution in [0.5, 0.6) is 0 Å². The first-order valence-electron chi connectivity index (χ1n) is 8.33. The molecule has 126 valence electrons. The average Bonchev–Trinajstić information content (AvgIpc) is 2.63. The predicted molar refractivity (Wildman–Crippen MR) is 90.7 cm³/mol. The van der Waals surface area contributed by atoms with E-state index in [1.165, 1.54) is 18.6 Å². The highest BCUT2D eigenvalue weighted by molar-refractivity contribution is 5.94. The van der Waals surface area contributed by atoms with E-state index in [0.717, 1.165) is 25.8 Å². The minimum absolute atomic E-state index is 0.00474. The molecule has 2 aromatic rings. The number of halogens is 1. The quantitative estimate of drug-likeness (QED) is 0.928. The largest absolute Gasteiger partial charge is 0.336 e. The van der Waals surface area contributed by atoms with Gasteiger partial charge in [0.15, 0.2) is 0 Å². The molecule has 0 bridgehead atoms. The number of hydrogen-bond donors (Lipinski definition) is 1. The van der Waals surface area contributed by atoms with Crippen molar-refractivity contribution < 1.29 is 9.18 Å². The van der Waals surface area contributed by atoms with E-state index in [4.69, 9.17) is 0 Å². The third-order valence-corrected chi connectivity index (χ3v) is 4.36. The van der Waals surface area contributed by atoms with E-state index in [-0.39, 0.29) is 11.7 Å². The molecule has 2 heterocycles. The van der Waals surface area contributed by atoms with Crippen LogP contribution in [0.3, 0.4) is 0 Å². The fourth-order valence-electron chi connectivity index (χ4n) is 3.02. The molecule has 1 amide bonds. The van der Waals surface area contributed by atoms with Crippen molar-refractivity contribution in [1.29, 1.82) is 0 Å². The summed E-state index contributed by atoms with van der Waals surface area (Å²) in [5.74, 6) is 0.0770. The summed E-state index contributed by atoms with van der Waals surface area (Å²) in [6, 6.07) is 6.25. The minimum atomic E-state index is -0.297. The Morgan fingerprint density at radius 1 is 1.25 bits per heavy atom. The number of nitrogens with zero attached hydrogens (tertiary/aromatic N) is 3. The summed E-state index contributed by atoms with van der Waals surface area (Å²) in [6.45, 7) is 2.91. The number of likely N-dealkylation sites (tertiary alicyclic amines) is 1. The van der Waals surface area contributed by atoms with Crippen molar-refractivity contribution in [1.82, 2.24) is 14.9 Å². The Hall–Kier alpha value is -2.50. The molecule has 0 aliphatic carbocycles. The van der Waals surface area contributed by atoms with E-state index in [2.05, 4.69) is 22.2 Å². The molecule has 0 saturated carbocycles. The first kappa shape index (κ1) is 16.4. The van der Waals surface area contributed by atoms with Crippen LogP contribution in [0, 0.1) is 5.82 Å². The maximum Gasteiger partial charge on any atom is 0.257 e. The van der Waals surface area contributed by atoms with Crippen LogP contribution in [0.1, 0.15) is 43.0 Å². The van der Waals surface area contributed by atoms with Gasteiger partial charge < -0.3 is 10.2 Å². The van der Waals surface area contributed by atoms with Gasteiger partial charge >= 0.3 is 0 Å². The van der Waals surface area contributed by atoms with Gasteiger partial charge in [-0.2, -0.15) is 0 Å². The van der Waals surface area contributed by atoms with E-state index >= 15 is 0 Å². The maximum atomic E-state index is 12.9. The zero-order valence-corrected chi connectivity index (χ0v) is 13.7. The Morgan fingerprint density at radius 3 is 2.62 bits per heavy atom. The number of anilines is 2. The molecule has 1 N–H and O–H groups in total. The first-order valence-corrected chi connectivity index (χ1v) is 8.33. The number of aromatic nitrogens is 2. The SMILES string of the molecule is CCC1CCCCN1C(=O)c1cnc(Nc2ccc(F)cc2)nc1. The third kappa shape index (κ3) is 3.69. The molecular formula is C18H21FN4O. The number of nitrogens with one attached hydrogen (secondary N) is 1. The molecule has 3 rings (SSSR count). The highest BCUT2D eigenvalue weighted by Gasteiger charge is 2.26. The first-order chi connectivity index (χ1) is 11.7. The van der Waals surface area contributed by atoms with Gasteiger partial charge in [-0.05, 0) is 49.9 Å². The van der Waals surface area contributed by atoms with Crippen LogP contribution < -0.4 is 5.32 Å². The molecule has 5 nitrogen and oxygen atoms in total. The summed E-state index contributed by atoms with van der Waals surface area (Å²) in [5, 5.41) is 2.98. The second kappa shape index (κ2) is 7.38. The monoisotopic (exact) mass is 328 g/mol. The topological polar surface area (TPSA) is 58.1 Å². The summed E-state index contributed by atoms with van der Waals surface area (Å²) >= 11 is 0. The lowest BCUT2D eigenvalue weighted by Crippen LogP contribution is -2.43. The molecule has 24 heavy (non-hydrogen) atoms. The van der Waals surface area contributed by atoms with E-state index in [1.54, 1.807) is 24.5 Å². The van der Waals surface area contributed by atoms with Gasteiger partial charge in [0.25, 0.3) is 5.91 Å². The molecule has 1 aliphatic heterocycles. The van der Waals surface area contributed by atoms with Crippen LogP contribution in [-0.4, -0.2) is 33.4 Å². The molecule has 1 saturated heterocycles. The van der Waals surface area contributed by atoms with Crippen molar-refractivity contribution >= 4 is 17.5 Å². The second-order valence-corrected chi connectivity index (χ2v) is 5.98. The summed E-state index contributed by atoms with van der Waals surface area (Å²) in [4.78, 5) is 23.0. The number of carbonyl (C=O) groups is 1. The van der Waals surface area contributed by atoms with Gasteiger partial charge in [-0.25, -0.2) is 14.4 Å². The van der Waals surface area contributed by atoms with Crippen LogP contribution in [-0.2, 0) is 0 Å². The van der Waals surface area contributed by atoms with Crippen LogP contribution in [0.2, 0.25) is 0 Å². The van der Waals surface area contributed by atoms with Crippen molar-refractivity contribution in [2.24, 2.45) is 0 Å². The molecule has 0 radical (unpaired) electrons. The van der Waals surface area contributed by atoms with Gasteiger partial charge in [-0.3, -0.25) is 4.79 Å². The average molecular weight is 328 g/mol. The van der Waals surface area contributed by atoms with Crippen molar-refractivity contribution in [2.45, 2.75) is 38.6 Å². The van der Waals surface area contributed by atoms with Gasteiger partial charge in [0.2, 0.25) is 5.95 Å². The number of rotatable bonds is 4. The zero-order chi connectivity index (χ0) is 16.9. The molecule has 1 aromatic heterocycles. The van der Waals surface area contributed by atoms with E-state index < -0.39 is 0 Å². The Kier molecular flexibility index (Phi) is 5.03. The van der Waals surface area contributed by atoms with Gasteiger partial charge in [-0.1, -0.05) is 6.92 Å². The van der Waals surface area contributed by atoms with Crippen molar-refractivity contribution in [3.8, 4) is 0 Å². The number of carbonyl (C=O) groups excluding carboxylic acids is 1. The molecule has 1 unspecified atom stereocenters. The van der Waals surface area contributed by atoms with E-state index in [1.807, 2.05) is 4.90 Å². The maximum absolute atomic E-state index is 12.9. The lowest BCUT2D eigenvalue weighted by molar-refractivity contribution is 0.0607. The van der Waals surface area contributed by atoms with Crippen molar-refractivity contribution in [2.75, 3.05) is 11.9 Å². The lowest BCUT2D eigenvalue weighted by Gasteiger charge is -2.35. The Bertz CT molecular complexity index is 687. The minimum Gasteiger partial charge on any atom is -0.336 e. The Labute approximate surface area is 140 Å². The molecule has 1 atom stereocenters. The molecule has 1 fully saturated rings. The lowest BCUT2D eigenvalue weighted by atomic mass is 9.99. The normalized spacial score (nSPS) is 17.6. The molecule has 1 aliphatic rings. The number of amides is 1. The summed E-state index contributed by atoms with van der Waals surface area (Å²) in [6.07, 6.45) is 7.35. The zero-order valence-electron chi connectivity index (χ0n) is 13.7. The van der Waals surface area contributed by atoms with Gasteiger partial charge in [0, 0.05) is 30.7 Å². The Morgan fingerprint density at radius 2 is 1.96 bits per heavy atom. The molecule has 1 aromatic carbocycles. The van der Waals surface area contributed by atoms with Crippen LogP contribution in [0.15, 0.2) is 36.7 Å². The van der Waals surface area contributed by atoms with Crippen molar-refractivity contribution in [3.63, 3.8) is 0 Å². The van der Waals surface area contributed by atoms with Gasteiger partial charge in [0.1, 0.15) is 5.82 Å². The smallest absolute Gasteiger partial charge is 0.257 e. The van der Waals surface area contributed by atoms with Gasteiger partial charge in [-0.15, -0.1) is 0 Å². The second-order valence-electron chi connectivity index (χ2n) is 5.98. The van der Waals surface area contributed by atoms with Crippen LogP contribution in [0.25, 0.3) is 0 Å². The summed E-state index contributed by atoms with van der Waals surface area (Å²) < 4.78 is 12.9.